The van der Waals surface area contributed by atoms with Crippen LogP contribution < -0.4 is 10.6 Å². The summed E-state index contributed by atoms with van der Waals surface area (Å²) in [5.41, 5.74) is 0. The Morgan fingerprint density at radius 1 is 1.14 bits per heavy atom. The summed E-state index contributed by atoms with van der Waals surface area (Å²) in [6.07, 6.45) is 4.81. The minimum atomic E-state index is -1.02. The highest BCUT2D eigenvalue weighted by Crippen LogP contribution is 2.23. The van der Waals surface area contributed by atoms with Gasteiger partial charge < -0.3 is 20.6 Å². The van der Waals surface area contributed by atoms with Gasteiger partial charge in [-0.2, -0.15) is 0 Å². The molecule has 0 aromatic heterocycles. The van der Waals surface area contributed by atoms with Crippen molar-refractivity contribution in [1.82, 2.24) is 15.5 Å². The molecule has 0 bridgehead atoms. The van der Waals surface area contributed by atoms with Gasteiger partial charge >= 0.3 is 12.0 Å². The first-order valence-electron chi connectivity index (χ1n) is 7.57. The largest absolute Gasteiger partial charge is 0.480 e. The Morgan fingerprint density at radius 2 is 1.81 bits per heavy atom. The molecule has 0 aliphatic heterocycles. The molecule has 7 nitrogen and oxygen atoms in total. The van der Waals surface area contributed by atoms with Crippen LogP contribution in [0.15, 0.2) is 0 Å². The fraction of sp³-hybridized carbons (Fsp3) is 0.786. The van der Waals surface area contributed by atoms with Gasteiger partial charge in [-0.3, -0.25) is 9.59 Å². The average molecular weight is 299 g/mol. The lowest BCUT2D eigenvalue weighted by atomic mass is 10.2. The highest BCUT2D eigenvalue weighted by atomic mass is 16.4. The van der Waals surface area contributed by atoms with E-state index in [0.717, 1.165) is 32.1 Å². The molecule has 21 heavy (non-hydrogen) atoms. The number of nitrogens with zero attached hydrogens (tertiary/aromatic N) is 1. The number of aliphatic carboxylic acids is 1. The molecule has 1 aliphatic carbocycles. The fourth-order valence-corrected chi connectivity index (χ4v) is 2.47. The molecule has 1 fully saturated rings. The van der Waals surface area contributed by atoms with Crippen LogP contribution in [0.5, 0.6) is 0 Å². The Morgan fingerprint density at radius 3 is 2.38 bits per heavy atom. The van der Waals surface area contributed by atoms with Crippen LogP contribution in [0, 0.1) is 0 Å². The number of carboxylic acid groups (broad SMARTS) is 1. The van der Waals surface area contributed by atoms with E-state index in [-0.39, 0.29) is 31.5 Å². The van der Waals surface area contributed by atoms with Crippen LogP contribution in [0.3, 0.4) is 0 Å². The molecule has 0 radical (unpaired) electrons. The van der Waals surface area contributed by atoms with Gasteiger partial charge in [-0.1, -0.05) is 19.8 Å². The van der Waals surface area contributed by atoms with Gasteiger partial charge in [0.05, 0.1) is 0 Å². The average Bonchev–Trinajstić information content (AvgIpc) is 2.96. The normalized spacial score (nSPS) is 14.7. The van der Waals surface area contributed by atoms with Crippen molar-refractivity contribution in [1.29, 1.82) is 0 Å². The van der Waals surface area contributed by atoms with E-state index in [1.54, 1.807) is 0 Å². The monoisotopic (exact) mass is 299 g/mol. The maximum absolute atomic E-state index is 12.1. The molecule has 0 spiro atoms. The van der Waals surface area contributed by atoms with E-state index in [9.17, 15) is 14.4 Å². The topological polar surface area (TPSA) is 98.7 Å². The van der Waals surface area contributed by atoms with E-state index in [2.05, 4.69) is 10.6 Å². The van der Waals surface area contributed by atoms with Gasteiger partial charge in [0.1, 0.15) is 6.54 Å². The molecule has 1 saturated carbocycles. The van der Waals surface area contributed by atoms with Gasteiger partial charge in [0, 0.05) is 25.6 Å². The Balaban J connectivity index is 2.38. The first-order chi connectivity index (χ1) is 10.0. The molecule has 7 heteroatoms. The van der Waals surface area contributed by atoms with Crippen LogP contribution in [0.25, 0.3) is 0 Å². The smallest absolute Gasteiger partial charge is 0.323 e. The Kier molecular flexibility index (Phi) is 7.56. The molecule has 1 rings (SSSR count). The van der Waals surface area contributed by atoms with Gasteiger partial charge in [0.2, 0.25) is 5.91 Å². The molecule has 0 saturated heterocycles. The summed E-state index contributed by atoms with van der Waals surface area (Å²) in [6.45, 7) is 2.52. The summed E-state index contributed by atoms with van der Waals surface area (Å²) in [7, 11) is 0. The molecule has 0 atom stereocenters. The summed E-state index contributed by atoms with van der Waals surface area (Å²) in [5, 5.41) is 14.3. The molecule has 0 heterocycles. The summed E-state index contributed by atoms with van der Waals surface area (Å²) >= 11 is 0. The third-order valence-corrected chi connectivity index (χ3v) is 3.53. The SMILES string of the molecule is CCCNC(=O)CCNC(=O)N(CC(=O)O)C1CCCC1. The zero-order chi connectivity index (χ0) is 15.7. The number of hydrogen-bond acceptors (Lipinski definition) is 3. The molecule has 120 valence electrons. The predicted octanol–water partition coefficient (Wildman–Crippen LogP) is 0.941. The zero-order valence-corrected chi connectivity index (χ0v) is 12.6. The van der Waals surface area contributed by atoms with Crippen LogP contribution in [0.4, 0.5) is 4.79 Å². The van der Waals surface area contributed by atoms with Gasteiger partial charge in [-0.05, 0) is 19.3 Å². The molecule has 3 amide bonds. The molecule has 0 aromatic carbocycles. The minimum Gasteiger partial charge on any atom is -0.480 e. The van der Waals surface area contributed by atoms with Crippen LogP contribution in [-0.2, 0) is 9.59 Å². The Hall–Kier alpha value is -1.79. The molecular weight excluding hydrogens is 274 g/mol. The lowest BCUT2D eigenvalue weighted by Crippen LogP contribution is -2.48. The summed E-state index contributed by atoms with van der Waals surface area (Å²) < 4.78 is 0. The molecular formula is C14H25N3O4. The van der Waals surface area contributed by atoms with E-state index in [1.165, 1.54) is 4.90 Å². The third kappa shape index (κ3) is 6.46. The lowest BCUT2D eigenvalue weighted by molar-refractivity contribution is -0.138. The molecule has 0 aromatic rings. The van der Waals surface area contributed by atoms with Crippen molar-refractivity contribution in [3.05, 3.63) is 0 Å². The van der Waals surface area contributed by atoms with E-state index < -0.39 is 12.0 Å². The highest BCUT2D eigenvalue weighted by molar-refractivity contribution is 5.81. The number of nitrogens with one attached hydrogen (secondary N) is 2. The van der Waals surface area contributed by atoms with Crippen LogP contribution in [0.1, 0.15) is 45.4 Å². The molecule has 1 aliphatic rings. The second kappa shape index (κ2) is 9.20. The van der Waals surface area contributed by atoms with Crippen LogP contribution in [0.2, 0.25) is 0 Å². The first kappa shape index (κ1) is 17.3. The standard InChI is InChI=1S/C14H25N3O4/c1-2-8-15-12(18)7-9-16-14(21)17(10-13(19)20)11-5-3-4-6-11/h11H,2-10H2,1H3,(H,15,18)(H,16,21)(H,19,20). The zero-order valence-electron chi connectivity index (χ0n) is 12.6. The number of carboxylic acids is 1. The van der Waals surface area contributed by atoms with Crippen molar-refractivity contribution >= 4 is 17.9 Å². The quantitative estimate of drug-likeness (QED) is 0.621. The van der Waals surface area contributed by atoms with Crippen LogP contribution in [-0.4, -0.2) is 53.6 Å². The first-order valence-corrected chi connectivity index (χ1v) is 7.57. The predicted molar refractivity (Wildman–Crippen MR) is 77.9 cm³/mol. The second-order valence-corrected chi connectivity index (χ2v) is 5.29. The van der Waals surface area contributed by atoms with E-state index in [1.807, 2.05) is 6.92 Å². The summed E-state index contributed by atoms with van der Waals surface area (Å²) in [6, 6.07) is -0.400. The highest BCUT2D eigenvalue weighted by Gasteiger charge is 2.28. The summed E-state index contributed by atoms with van der Waals surface area (Å²) in [4.78, 5) is 35.8. The minimum absolute atomic E-state index is 0.00461. The number of rotatable bonds is 8. The van der Waals surface area contributed by atoms with Crippen molar-refractivity contribution in [3.8, 4) is 0 Å². The Labute approximate surface area is 125 Å². The number of amides is 3. The van der Waals surface area contributed by atoms with Gasteiger partial charge in [0.25, 0.3) is 0 Å². The van der Waals surface area contributed by atoms with Crippen molar-refractivity contribution < 1.29 is 19.5 Å². The molecule has 3 N–H and O–H groups in total. The maximum atomic E-state index is 12.1. The van der Waals surface area contributed by atoms with Crippen LogP contribution >= 0.6 is 0 Å². The van der Waals surface area contributed by atoms with Gasteiger partial charge in [0.15, 0.2) is 0 Å². The van der Waals surface area contributed by atoms with Gasteiger partial charge in [-0.15, -0.1) is 0 Å². The van der Waals surface area contributed by atoms with Crippen molar-refractivity contribution in [2.45, 2.75) is 51.5 Å². The van der Waals surface area contributed by atoms with Crippen molar-refractivity contribution in [2.24, 2.45) is 0 Å². The Bertz CT molecular complexity index is 367. The van der Waals surface area contributed by atoms with E-state index in [4.69, 9.17) is 5.11 Å². The number of carbonyl (C=O) groups is 3. The third-order valence-electron chi connectivity index (χ3n) is 3.53. The van der Waals surface area contributed by atoms with E-state index in [0.29, 0.717) is 6.54 Å². The molecule has 0 unspecified atom stereocenters. The van der Waals surface area contributed by atoms with Crippen molar-refractivity contribution in [3.63, 3.8) is 0 Å². The maximum Gasteiger partial charge on any atom is 0.323 e. The lowest BCUT2D eigenvalue weighted by Gasteiger charge is -2.27. The van der Waals surface area contributed by atoms with E-state index >= 15 is 0 Å². The number of hydrogen-bond donors (Lipinski definition) is 3. The van der Waals surface area contributed by atoms with Gasteiger partial charge in [-0.25, -0.2) is 4.79 Å². The van der Waals surface area contributed by atoms with Crippen molar-refractivity contribution in [2.75, 3.05) is 19.6 Å². The fourth-order valence-electron chi connectivity index (χ4n) is 2.47. The number of carbonyl (C=O) groups excluding carboxylic acids is 2. The second-order valence-electron chi connectivity index (χ2n) is 5.29. The number of urea groups is 1. The summed E-state index contributed by atoms with van der Waals surface area (Å²) in [5.74, 6) is -1.12.